The molecule has 35 heavy (non-hydrogen) atoms. The van der Waals surface area contributed by atoms with Crippen molar-refractivity contribution in [3.05, 3.63) is 93.8 Å². The minimum atomic E-state index is 0.0122. The number of benzene rings is 5. The first-order valence-corrected chi connectivity index (χ1v) is 13.1. The van der Waals surface area contributed by atoms with Crippen molar-refractivity contribution in [3.63, 3.8) is 0 Å². The summed E-state index contributed by atoms with van der Waals surface area (Å²) in [6, 6.07) is 20.6. The Morgan fingerprint density at radius 1 is 0.514 bits per heavy atom. The lowest BCUT2D eigenvalue weighted by Gasteiger charge is -2.24. The monoisotopic (exact) mass is 462 g/mol. The van der Waals surface area contributed by atoms with Gasteiger partial charge in [0.25, 0.3) is 0 Å². The Hall–Kier alpha value is -2.93. The Kier molecular flexibility index (Phi) is 4.85. The summed E-state index contributed by atoms with van der Waals surface area (Å²) in [4.78, 5) is 0. The maximum atomic E-state index is 15.5. The summed E-state index contributed by atoms with van der Waals surface area (Å²) in [5.74, 6) is 0.0130. The predicted octanol–water partition coefficient (Wildman–Crippen LogP) is 9.20. The van der Waals surface area contributed by atoms with Crippen LogP contribution in [0.1, 0.15) is 74.9 Å². The van der Waals surface area contributed by atoms with Crippen molar-refractivity contribution in [3.8, 4) is 0 Å². The lowest BCUT2D eigenvalue weighted by Crippen LogP contribution is -2.15. The average Bonchev–Trinajstić information content (AvgIpc) is 2.79. The van der Waals surface area contributed by atoms with E-state index in [1.54, 1.807) is 0 Å². The molecule has 1 heteroatoms. The highest BCUT2D eigenvalue weighted by atomic mass is 19.1. The zero-order valence-electron chi connectivity index (χ0n) is 21.9. The molecule has 0 unspecified atom stereocenters. The Morgan fingerprint density at radius 3 is 1.40 bits per heavy atom. The summed E-state index contributed by atoms with van der Waals surface area (Å²) in [7, 11) is 0. The summed E-state index contributed by atoms with van der Waals surface area (Å²) in [6.07, 6.45) is 3.19. The minimum Gasteiger partial charge on any atom is -0.206 e. The Balaban J connectivity index is 1.59. The third-order valence-electron chi connectivity index (χ3n) is 8.17. The summed E-state index contributed by atoms with van der Waals surface area (Å²) < 4.78 is 15.5. The van der Waals surface area contributed by atoms with Crippen molar-refractivity contribution in [1.29, 1.82) is 0 Å². The van der Waals surface area contributed by atoms with E-state index in [0.717, 1.165) is 36.8 Å². The van der Waals surface area contributed by atoms with Crippen molar-refractivity contribution >= 4 is 32.3 Å². The van der Waals surface area contributed by atoms with Crippen molar-refractivity contribution in [2.45, 2.75) is 78.1 Å². The molecule has 1 aliphatic carbocycles. The molecule has 0 amide bonds. The Labute approximate surface area is 208 Å². The SMILES string of the molecule is CC(C)(C)c1cc2c(F)c(c1)CCc1cc(c3ccc4cc(C(C)(C)C)cc5ccc1c3c45)CC2. The largest absolute Gasteiger partial charge is 0.206 e. The zero-order valence-corrected chi connectivity index (χ0v) is 21.9. The molecular formula is C34H35F. The average molecular weight is 463 g/mol. The molecule has 0 saturated carbocycles. The van der Waals surface area contributed by atoms with Crippen LogP contribution in [0.4, 0.5) is 4.39 Å². The molecule has 6 rings (SSSR count). The summed E-state index contributed by atoms with van der Waals surface area (Å²) in [6.45, 7) is 13.5. The molecule has 0 fully saturated rings. The van der Waals surface area contributed by atoms with Crippen molar-refractivity contribution in [2.24, 2.45) is 0 Å². The first-order valence-electron chi connectivity index (χ1n) is 13.1. The highest BCUT2D eigenvalue weighted by molar-refractivity contribution is 6.24. The van der Waals surface area contributed by atoms with Gasteiger partial charge in [0.1, 0.15) is 5.82 Å². The van der Waals surface area contributed by atoms with Gasteiger partial charge in [0.05, 0.1) is 0 Å². The molecular weight excluding hydrogens is 427 g/mol. The van der Waals surface area contributed by atoms with Crippen LogP contribution in [0.2, 0.25) is 0 Å². The number of hydrogen-bond acceptors (Lipinski definition) is 0. The van der Waals surface area contributed by atoms with E-state index in [2.05, 4.69) is 96.1 Å². The topological polar surface area (TPSA) is 0 Å². The van der Waals surface area contributed by atoms with Gasteiger partial charge in [-0.25, -0.2) is 4.39 Å². The summed E-state index contributed by atoms with van der Waals surface area (Å²) >= 11 is 0. The van der Waals surface area contributed by atoms with Gasteiger partial charge in [0.15, 0.2) is 0 Å². The van der Waals surface area contributed by atoms with E-state index in [-0.39, 0.29) is 16.6 Å². The number of aryl methyl sites for hydroxylation is 4. The molecule has 5 aromatic rings. The molecule has 0 N–H and O–H groups in total. The van der Waals surface area contributed by atoms with Crippen LogP contribution in [0.3, 0.4) is 0 Å². The lowest BCUT2D eigenvalue weighted by molar-refractivity contribution is 0.564. The molecule has 5 aromatic carbocycles. The third kappa shape index (κ3) is 3.63. The minimum absolute atomic E-state index is 0.0122. The first-order chi connectivity index (χ1) is 16.5. The lowest BCUT2D eigenvalue weighted by atomic mass is 9.80. The van der Waals surface area contributed by atoms with Crippen LogP contribution in [-0.2, 0) is 36.5 Å². The number of rotatable bonds is 0. The van der Waals surface area contributed by atoms with Crippen molar-refractivity contribution in [2.75, 3.05) is 0 Å². The van der Waals surface area contributed by atoms with Crippen LogP contribution in [0, 0.1) is 5.82 Å². The van der Waals surface area contributed by atoms with E-state index in [1.807, 2.05) is 0 Å². The fourth-order valence-electron chi connectivity index (χ4n) is 6.00. The maximum absolute atomic E-state index is 15.5. The van der Waals surface area contributed by atoms with Gasteiger partial charge in [0.2, 0.25) is 0 Å². The van der Waals surface area contributed by atoms with E-state index in [9.17, 15) is 0 Å². The van der Waals surface area contributed by atoms with Crippen LogP contribution in [0.25, 0.3) is 32.3 Å². The van der Waals surface area contributed by atoms with E-state index < -0.39 is 0 Å². The van der Waals surface area contributed by atoms with Crippen LogP contribution in [-0.4, -0.2) is 0 Å². The normalized spacial score (nSPS) is 14.8. The van der Waals surface area contributed by atoms with Crippen molar-refractivity contribution < 1.29 is 4.39 Å². The number of halogens is 1. The summed E-state index contributed by atoms with van der Waals surface area (Å²) in [5.41, 5.74) is 7.19. The molecule has 0 aliphatic heterocycles. The molecule has 4 bridgehead atoms. The third-order valence-corrected chi connectivity index (χ3v) is 8.17. The fraction of sp³-hybridized carbons (Fsp3) is 0.353. The molecule has 0 nitrogen and oxygen atoms in total. The highest BCUT2D eigenvalue weighted by Gasteiger charge is 2.23. The molecule has 0 saturated heterocycles. The molecule has 0 atom stereocenters. The molecule has 1 aliphatic rings. The van der Waals surface area contributed by atoms with Crippen LogP contribution in [0.15, 0.2) is 54.6 Å². The van der Waals surface area contributed by atoms with Gasteiger partial charge in [-0.2, -0.15) is 0 Å². The van der Waals surface area contributed by atoms with Gasteiger partial charge < -0.3 is 0 Å². The second kappa shape index (κ2) is 7.53. The van der Waals surface area contributed by atoms with Gasteiger partial charge in [-0.1, -0.05) is 96.1 Å². The van der Waals surface area contributed by atoms with Gasteiger partial charge in [-0.3, -0.25) is 0 Å². The molecule has 0 aromatic heterocycles. The predicted molar refractivity (Wildman–Crippen MR) is 149 cm³/mol. The van der Waals surface area contributed by atoms with E-state index >= 15 is 4.39 Å². The van der Waals surface area contributed by atoms with Crippen LogP contribution >= 0.6 is 0 Å². The number of hydrogen-bond donors (Lipinski definition) is 0. The van der Waals surface area contributed by atoms with Gasteiger partial charge in [0, 0.05) is 0 Å². The fourth-order valence-corrected chi connectivity index (χ4v) is 6.00. The second-order valence-electron chi connectivity index (χ2n) is 12.7. The van der Waals surface area contributed by atoms with Crippen LogP contribution < -0.4 is 0 Å². The first kappa shape index (κ1) is 22.5. The van der Waals surface area contributed by atoms with Crippen LogP contribution in [0.5, 0.6) is 0 Å². The quantitative estimate of drug-likeness (QED) is 0.201. The molecule has 0 spiro atoms. The Bertz CT molecular complexity index is 1510. The smallest absolute Gasteiger partial charge is 0.129 e. The van der Waals surface area contributed by atoms with E-state index in [1.165, 1.54) is 54.6 Å². The van der Waals surface area contributed by atoms with E-state index in [0.29, 0.717) is 0 Å². The van der Waals surface area contributed by atoms with Gasteiger partial charge >= 0.3 is 0 Å². The Morgan fingerprint density at radius 2 is 0.943 bits per heavy atom. The van der Waals surface area contributed by atoms with Crippen molar-refractivity contribution in [1.82, 2.24) is 0 Å². The highest BCUT2D eigenvalue weighted by Crippen LogP contribution is 2.41. The van der Waals surface area contributed by atoms with E-state index in [4.69, 9.17) is 0 Å². The molecule has 0 heterocycles. The summed E-state index contributed by atoms with van der Waals surface area (Å²) in [5, 5.41) is 8.09. The van der Waals surface area contributed by atoms with Gasteiger partial charge in [-0.05, 0) is 102 Å². The number of fused-ring (bicyclic) bond motifs is 6. The second-order valence-corrected chi connectivity index (χ2v) is 12.7. The zero-order chi connectivity index (χ0) is 24.7. The van der Waals surface area contributed by atoms with Gasteiger partial charge in [-0.15, -0.1) is 0 Å². The standard InChI is InChI=1S/C34H35F/c1-33(2,3)26-16-22-11-13-28-20-7-9-24-18-27(34(4,5)6)19-25(32(24)35)10-8-21(15-20)29-14-12-23(17-26)30(22)31(28)29/h11-19H,7-10H2,1-6H3. The maximum Gasteiger partial charge on any atom is 0.129 e. The molecule has 0 radical (unpaired) electrons. The molecule has 178 valence electrons.